The first-order chi connectivity index (χ1) is 15.0. The van der Waals surface area contributed by atoms with Gasteiger partial charge in [0.25, 0.3) is 5.91 Å². The minimum Gasteiger partial charge on any atom is -0.449 e. The molecule has 0 saturated heterocycles. The Morgan fingerprint density at radius 3 is 2.58 bits per heavy atom. The predicted molar refractivity (Wildman–Crippen MR) is 119 cm³/mol. The van der Waals surface area contributed by atoms with E-state index in [0.29, 0.717) is 17.8 Å². The van der Waals surface area contributed by atoms with E-state index in [9.17, 15) is 9.59 Å². The fourth-order valence-electron chi connectivity index (χ4n) is 3.21. The van der Waals surface area contributed by atoms with Gasteiger partial charge in [0.15, 0.2) is 6.10 Å². The van der Waals surface area contributed by atoms with E-state index in [2.05, 4.69) is 20.3 Å². The number of anilines is 1. The number of ether oxygens (including phenoxy) is 1. The Kier molecular flexibility index (Phi) is 5.75. The lowest BCUT2D eigenvalue weighted by Crippen LogP contribution is -2.32. The number of fused-ring (bicyclic) bond motifs is 1. The van der Waals surface area contributed by atoms with Crippen LogP contribution in [0, 0.1) is 6.92 Å². The molecule has 7 nitrogen and oxygen atoms in total. The predicted octanol–water partition coefficient (Wildman–Crippen LogP) is 4.51. The molecule has 1 amide bonds. The number of H-pyrrole nitrogens is 1. The van der Waals surface area contributed by atoms with E-state index in [-0.39, 0.29) is 0 Å². The van der Waals surface area contributed by atoms with Crippen LogP contribution in [0.2, 0.25) is 0 Å². The van der Waals surface area contributed by atoms with Crippen LogP contribution < -0.4 is 5.32 Å². The van der Waals surface area contributed by atoms with Crippen molar-refractivity contribution in [1.82, 2.24) is 15.0 Å². The number of pyridine rings is 1. The molecule has 0 spiro atoms. The van der Waals surface area contributed by atoms with Gasteiger partial charge in [-0.25, -0.2) is 14.8 Å². The van der Waals surface area contributed by atoms with Crippen LogP contribution in [-0.2, 0) is 9.53 Å². The fraction of sp³-hybridized carbons (Fsp3) is 0.167. The maximum Gasteiger partial charge on any atom is 0.338 e. The van der Waals surface area contributed by atoms with Crippen molar-refractivity contribution in [3.05, 3.63) is 78.0 Å². The van der Waals surface area contributed by atoms with Crippen molar-refractivity contribution < 1.29 is 14.3 Å². The van der Waals surface area contributed by atoms with Crippen molar-refractivity contribution in [1.29, 1.82) is 0 Å². The maximum absolute atomic E-state index is 12.7. The molecule has 1 unspecified atom stereocenters. The van der Waals surface area contributed by atoms with Crippen molar-refractivity contribution in [2.24, 2.45) is 0 Å². The lowest BCUT2D eigenvalue weighted by molar-refractivity contribution is -0.124. The van der Waals surface area contributed by atoms with Crippen LogP contribution in [0.1, 0.15) is 29.4 Å². The third-order valence-corrected chi connectivity index (χ3v) is 4.82. The van der Waals surface area contributed by atoms with Crippen molar-refractivity contribution in [2.75, 3.05) is 5.32 Å². The number of aromatic nitrogens is 3. The van der Waals surface area contributed by atoms with Crippen LogP contribution in [0.5, 0.6) is 0 Å². The second-order valence-electron chi connectivity index (χ2n) is 7.14. The molecule has 7 heteroatoms. The highest BCUT2D eigenvalue weighted by Crippen LogP contribution is 2.22. The smallest absolute Gasteiger partial charge is 0.338 e. The zero-order valence-corrected chi connectivity index (χ0v) is 17.3. The molecule has 2 aromatic carbocycles. The number of amides is 1. The van der Waals surface area contributed by atoms with Gasteiger partial charge in [-0.3, -0.25) is 4.79 Å². The van der Waals surface area contributed by atoms with Gasteiger partial charge in [0.05, 0.1) is 16.6 Å². The van der Waals surface area contributed by atoms with Crippen LogP contribution in [0.25, 0.3) is 22.4 Å². The number of hydrogen-bond donors (Lipinski definition) is 2. The summed E-state index contributed by atoms with van der Waals surface area (Å²) >= 11 is 0. The molecule has 0 radical (unpaired) electrons. The molecule has 1 atom stereocenters. The molecule has 0 aliphatic rings. The minimum atomic E-state index is -0.924. The van der Waals surface area contributed by atoms with Crippen LogP contribution >= 0.6 is 0 Å². The average Bonchev–Trinajstić information content (AvgIpc) is 3.21. The van der Waals surface area contributed by atoms with E-state index in [1.807, 2.05) is 43.3 Å². The van der Waals surface area contributed by atoms with E-state index < -0.39 is 18.0 Å². The molecule has 156 valence electrons. The summed E-state index contributed by atoms with van der Waals surface area (Å²) in [6.45, 7) is 3.62. The Morgan fingerprint density at radius 1 is 1.03 bits per heavy atom. The molecule has 0 saturated carbocycles. The minimum absolute atomic E-state index is 0.341. The number of nitrogens with zero attached hydrogens (tertiary/aromatic N) is 2. The normalized spacial score (nSPS) is 11.8. The lowest BCUT2D eigenvalue weighted by Gasteiger charge is -2.16. The number of imidazole rings is 1. The monoisotopic (exact) mass is 414 g/mol. The largest absolute Gasteiger partial charge is 0.449 e. The summed E-state index contributed by atoms with van der Waals surface area (Å²) in [5, 5.41) is 2.70. The summed E-state index contributed by atoms with van der Waals surface area (Å²) in [7, 11) is 0. The molecule has 0 bridgehead atoms. The van der Waals surface area contributed by atoms with Crippen LogP contribution in [0.3, 0.4) is 0 Å². The summed E-state index contributed by atoms with van der Waals surface area (Å²) in [5.74, 6) is 0.157. The van der Waals surface area contributed by atoms with Gasteiger partial charge in [-0.15, -0.1) is 0 Å². The lowest BCUT2D eigenvalue weighted by atomic mass is 10.2. The quantitative estimate of drug-likeness (QED) is 0.453. The van der Waals surface area contributed by atoms with Gasteiger partial charge < -0.3 is 15.0 Å². The molecular formula is C24H22N4O3. The van der Waals surface area contributed by atoms with Crippen LogP contribution in [-0.4, -0.2) is 32.9 Å². The Labute approximate surface area is 179 Å². The zero-order chi connectivity index (χ0) is 21.8. The van der Waals surface area contributed by atoms with Crippen LogP contribution in [0.15, 0.2) is 66.7 Å². The average molecular weight is 414 g/mol. The maximum atomic E-state index is 12.7. The number of carbonyl (C=O) groups is 2. The highest BCUT2D eigenvalue weighted by molar-refractivity contribution is 5.98. The molecule has 0 fully saturated rings. The Morgan fingerprint density at radius 2 is 1.84 bits per heavy atom. The number of esters is 1. The third-order valence-electron chi connectivity index (χ3n) is 4.82. The SMILES string of the molecule is CCC(OC(=O)c1ccc2nc(-c3ccccc3)[nH]c2c1)C(=O)Nc1cccc(C)n1. The summed E-state index contributed by atoms with van der Waals surface area (Å²) in [6.07, 6.45) is -0.583. The molecule has 4 rings (SSSR count). The highest BCUT2D eigenvalue weighted by atomic mass is 16.5. The van der Waals surface area contributed by atoms with Gasteiger partial charge in [0, 0.05) is 11.3 Å². The van der Waals surface area contributed by atoms with E-state index in [4.69, 9.17) is 4.74 Å². The molecule has 2 heterocycles. The van der Waals surface area contributed by atoms with Gasteiger partial charge >= 0.3 is 5.97 Å². The molecule has 0 aliphatic heterocycles. The number of carbonyl (C=O) groups excluding carboxylic acids is 2. The first-order valence-electron chi connectivity index (χ1n) is 10.0. The number of benzene rings is 2. The van der Waals surface area contributed by atoms with E-state index in [1.54, 1.807) is 37.3 Å². The Balaban J connectivity index is 1.49. The standard InChI is InChI=1S/C24H22N4O3/c1-3-20(23(29)28-21-11-7-8-15(2)25-21)31-24(30)17-12-13-18-19(14-17)27-22(26-18)16-9-5-4-6-10-16/h4-14,20H,3H2,1-2H3,(H,26,27)(H,25,28,29). The number of aromatic amines is 1. The summed E-state index contributed by atoms with van der Waals surface area (Å²) < 4.78 is 5.48. The molecule has 2 aromatic heterocycles. The van der Waals surface area contributed by atoms with Gasteiger partial charge in [-0.05, 0) is 43.7 Å². The first-order valence-corrected chi connectivity index (χ1v) is 10.0. The van der Waals surface area contributed by atoms with Gasteiger partial charge in [-0.1, -0.05) is 43.3 Å². The summed E-state index contributed by atoms with van der Waals surface area (Å²) in [6, 6.07) is 20.1. The molecule has 4 aromatic rings. The van der Waals surface area contributed by atoms with Crippen LogP contribution in [0.4, 0.5) is 5.82 Å². The van der Waals surface area contributed by atoms with Gasteiger partial charge in [0.1, 0.15) is 11.6 Å². The number of rotatable bonds is 6. The molecular weight excluding hydrogens is 392 g/mol. The first kappa shape index (κ1) is 20.3. The molecule has 2 N–H and O–H groups in total. The van der Waals surface area contributed by atoms with E-state index in [1.165, 1.54) is 0 Å². The van der Waals surface area contributed by atoms with Crippen molar-refractivity contribution in [2.45, 2.75) is 26.4 Å². The fourth-order valence-corrected chi connectivity index (χ4v) is 3.21. The Bertz CT molecular complexity index is 1230. The summed E-state index contributed by atoms with van der Waals surface area (Å²) in [4.78, 5) is 37.3. The van der Waals surface area contributed by atoms with Crippen molar-refractivity contribution >= 4 is 28.7 Å². The Hall–Kier alpha value is -4.00. The second-order valence-corrected chi connectivity index (χ2v) is 7.14. The zero-order valence-electron chi connectivity index (χ0n) is 17.3. The second kappa shape index (κ2) is 8.79. The molecule has 31 heavy (non-hydrogen) atoms. The summed E-state index contributed by atoms with van der Waals surface area (Å²) in [5.41, 5.74) is 3.54. The van der Waals surface area contributed by atoms with Crippen molar-refractivity contribution in [3.63, 3.8) is 0 Å². The number of hydrogen-bond acceptors (Lipinski definition) is 5. The highest BCUT2D eigenvalue weighted by Gasteiger charge is 2.23. The van der Waals surface area contributed by atoms with Crippen molar-refractivity contribution in [3.8, 4) is 11.4 Å². The van der Waals surface area contributed by atoms with E-state index >= 15 is 0 Å². The van der Waals surface area contributed by atoms with Gasteiger partial charge in [-0.2, -0.15) is 0 Å². The number of nitrogens with one attached hydrogen (secondary N) is 2. The number of aryl methyl sites for hydroxylation is 1. The van der Waals surface area contributed by atoms with E-state index in [0.717, 1.165) is 28.1 Å². The molecule has 0 aliphatic carbocycles. The van der Waals surface area contributed by atoms with Gasteiger partial charge in [0.2, 0.25) is 0 Å². The topological polar surface area (TPSA) is 97.0 Å². The third kappa shape index (κ3) is 4.61.